The van der Waals surface area contributed by atoms with Crippen molar-refractivity contribution < 1.29 is 31.5 Å². The molecule has 0 atom stereocenters. The minimum atomic E-state index is -5.73. The van der Waals surface area contributed by atoms with Crippen LogP contribution in [0.4, 0.5) is 22.0 Å². The van der Waals surface area contributed by atoms with Gasteiger partial charge in [0.15, 0.2) is 0 Å². The molecular formula is C7H9F5N2O2. The number of hydrogen-bond acceptors (Lipinski definition) is 2. The van der Waals surface area contributed by atoms with E-state index in [-0.39, 0.29) is 0 Å². The van der Waals surface area contributed by atoms with E-state index >= 15 is 0 Å². The predicted octanol–water partition coefficient (Wildman–Crippen LogP) is 0.436. The van der Waals surface area contributed by atoms with Gasteiger partial charge in [0, 0.05) is 7.05 Å². The Morgan fingerprint density at radius 2 is 1.56 bits per heavy atom. The standard InChI is InChI=1S/C7H9F5N2O2/c1-13-4(15)2-5(16)14-3-6(8,9)7(10,11)12/h2-3H2,1H3,(H,13,15)(H,14,16). The van der Waals surface area contributed by atoms with Crippen molar-refractivity contribution in [2.24, 2.45) is 0 Å². The lowest BCUT2D eigenvalue weighted by Crippen LogP contribution is -2.47. The monoisotopic (exact) mass is 248 g/mol. The Hall–Kier alpha value is -1.41. The average Bonchev–Trinajstić information content (AvgIpc) is 2.13. The molecule has 0 aliphatic heterocycles. The van der Waals surface area contributed by atoms with Crippen molar-refractivity contribution in [1.82, 2.24) is 10.6 Å². The second-order valence-corrected chi connectivity index (χ2v) is 2.83. The van der Waals surface area contributed by atoms with Crippen LogP contribution >= 0.6 is 0 Å². The van der Waals surface area contributed by atoms with Crippen molar-refractivity contribution in [1.29, 1.82) is 0 Å². The molecule has 0 saturated heterocycles. The molecule has 0 fully saturated rings. The zero-order chi connectivity index (χ0) is 13.0. The number of alkyl halides is 5. The molecule has 0 saturated carbocycles. The third-order valence-electron chi connectivity index (χ3n) is 1.52. The third kappa shape index (κ3) is 4.41. The number of halogens is 5. The van der Waals surface area contributed by atoms with Gasteiger partial charge < -0.3 is 10.6 Å². The fourth-order valence-electron chi connectivity index (χ4n) is 0.607. The summed E-state index contributed by atoms with van der Waals surface area (Å²) in [5.41, 5.74) is 0. The Morgan fingerprint density at radius 3 is 1.94 bits per heavy atom. The van der Waals surface area contributed by atoms with E-state index in [1.54, 1.807) is 0 Å². The Morgan fingerprint density at radius 1 is 1.06 bits per heavy atom. The molecule has 2 amide bonds. The zero-order valence-electron chi connectivity index (χ0n) is 8.12. The maximum atomic E-state index is 12.3. The fourth-order valence-corrected chi connectivity index (χ4v) is 0.607. The Balaban J connectivity index is 4.16. The maximum absolute atomic E-state index is 12.3. The Kier molecular flexibility index (Phi) is 4.63. The molecule has 9 heteroatoms. The second kappa shape index (κ2) is 5.08. The predicted molar refractivity (Wildman–Crippen MR) is 42.7 cm³/mol. The van der Waals surface area contributed by atoms with Crippen LogP contribution in [0, 0.1) is 0 Å². The van der Waals surface area contributed by atoms with Crippen LogP contribution in [0.5, 0.6) is 0 Å². The smallest absolute Gasteiger partial charge is 0.359 e. The van der Waals surface area contributed by atoms with Gasteiger partial charge in [-0.1, -0.05) is 0 Å². The largest absolute Gasteiger partial charge is 0.455 e. The molecule has 0 rings (SSSR count). The van der Waals surface area contributed by atoms with Crippen LogP contribution in [0.15, 0.2) is 0 Å². The van der Waals surface area contributed by atoms with Gasteiger partial charge in [0.05, 0.1) is 6.54 Å². The molecule has 4 nitrogen and oxygen atoms in total. The van der Waals surface area contributed by atoms with Gasteiger partial charge in [-0.05, 0) is 0 Å². The molecule has 0 aliphatic rings. The van der Waals surface area contributed by atoms with E-state index in [4.69, 9.17) is 0 Å². The summed E-state index contributed by atoms with van der Waals surface area (Å²) < 4.78 is 59.4. The van der Waals surface area contributed by atoms with Gasteiger partial charge in [-0.15, -0.1) is 0 Å². The van der Waals surface area contributed by atoms with Gasteiger partial charge >= 0.3 is 12.1 Å². The number of amides is 2. The van der Waals surface area contributed by atoms with Crippen molar-refractivity contribution in [2.75, 3.05) is 13.6 Å². The Labute approximate surface area is 87.2 Å². The highest BCUT2D eigenvalue weighted by molar-refractivity contribution is 5.96. The van der Waals surface area contributed by atoms with Gasteiger partial charge in [0.25, 0.3) is 0 Å². The number of carbonyl (C=O) groups excluding carboxylic acids is 2. The van der Waals surface area contributed by atoms with E-state index in [9.17, 15) is 31.5 Å². The number of carbonyl (C=O) groups is 2. The van der Waals surface area contributed by atoms with Crippen LogP contribution in [-0.2, 0) is 9.59 Å². The lowest BCUT2D eigenvalue weighted by atomic mass is 10.3. The topological polar surface area (TPSA) is 58.2 Å². The van der Waals surface area contributed by atoms with Crippen LogP contribution in [0.2, 0.25) is 0 Å². The van der Waals surface area contributed by atoms with Crippen LogP contribution in [0.25, 0.3) is 0 Å². The maximum Gasteiger partial charge on any atom is 0.455 e. The minimum absolute atomic E-state index is 0.784. The summed E-state index contributed by atoms with van der Waals surface area (Å²) in [5, 5.41) is 3.34. The highest BCUT2D eigenvalue weighted by atomic mass is 19.4. The van der Waals surface area contributed by atoms with Crippen LogP contribution < -0.4 is 10.6 Å². The number of hydrogen-bond donors (Lipinski definition) is 2. The lowest BCUT2D eigenvalue weighted by Gasteiger charge is -2.19. The summed E-state index contributed by atoms with van der Waals surface area (Å²) in [6, 6.07) is 0. The van der Waals surface area contributed by atoms with E-state index in [1.165, 1.54) is 12.4 Å². The van der Waals surface area contributed by atoms with Gasteiger partial charge in [-0.25, -0.2) is 0 Å². The molecule has 0 aliphatic carbocycles. The van der Waals surface area contributed by atoms with E-state index in [1.807, 2.05) is 5.32 Å². The Bertz CT molecular complexity index is 276. The van der Waals surface area contributed by atoms with Gasteiger partial charge in [0.2, 0.25) is 11.8 Å². The van der Waals surface area contributed by atoms with Gasteiger partial charge in [-0.3, -0.25) is 9.59 Å². The molecule has 0 aromatic rings. The molecule has 0 unspecified atom stereocenters. The summed E-state index contributed by atoms with van der Waals surface area (Å²) in [7, 11) is 1.19. The molecule has 16 heavy (non-hydrogen) atoms. The van der Waals surface area contributed by atoms with Crippen molar-refractivity contribution in [3.05, 3.63) is 0 Å². The highest BCUT2D eigenvalue weighted by Crippen LogP contribution is 2.34. The number of nitrogens with one attached hydrogen (secondary N) is 2. The molecule has 0 heterocycles. The van der Waals surface area contributed by atoms with E-state index < -0.39 is 36.9 Å². The first-order valence-electron chi connectivity index (χ1n) is 4.02. The molecule has 0 spiro atoms. The van der Waals surface area contributed by atoms with E-state index in [0.717, 1.165) is 0 Å². The van der Waals surface area contributed by atoms with E-state index in [2.05, 4.69) is 0 Å². The molecule has 0 aromatic heterocycles. The first-order chi connectivity index (χ1) is 7.10. The molecular weight excluding hydrogens is 239 g/mol. The molecule has 94 valence electrons. The molecule has 0 aromatic carbocycles. The first kappa shape index (κ1) is 14.6. The summed E-state index contributed by atoms with van der Waals surface area (Å²) in [4.78, 5) is 21.3. The number of rotatable bonds is 4. The van der Waals surface area contributed by atoms with Crippen LogP contribution in [0.3, 0.4) is 0 Å². The fraction of sp³-hybridized carbons (Fsp3) is 0.714. The second-order valence-electron chi connectivity index (χ2n) is 2.83. The SMILES string of the molecule is CNC(=O)CC(=O)NCC(F)(F)C(F)(F)F. The van der Waals surface area contributed by atoms with Gasteiger partial charge in [0.1, 0.15) is 6.42 Å². The van der Waals surface area contributed by atoms with Crippen molar-refractivity contribution in [3.8, 4) is 0 Å². The van der Waals surface area contributed by atoms with Gasteiger partial charge in [-0.2, -0.15) is 22.0 Å². The summed E-state index contributed by atoms with van der Waals surface area (Å²) in [6.45, 7) is -1.88. The molecule has 0 radical (unpaired) electrons. The quantitative estimate of drug-likeness (QED) is 0.560. The highest BCUT2D eigenvalue weighted by Gasteiger charge is 2.57. The minimum Gasteiger partial charge on any atom is -0.359 e. The zero-order valence-corrected chi connectivity index (χ0v) is 8.12. The summed E-state index contributed by atoms with van der Waals surface area (Å²) in [5.74, 6) is -7.00. The molecule has 0 bridgehead atoms. The summed E-state index contributed by atoms with van der Waals surface area (Å²) >= 11 is 0. The van der Waals surface area contributed by atoms with Crippen molar-refractivity contribution in [3.63, 3.8) is 0 Å². The van der Waals surface area contributed by atoms with Crippen LogP contribution in [0.1, 0.15) is 6.42 Å². The average molecular weight is 248 g/mol. The van der Waals surface area contributed by atoms with E-state index in [0.29, 0.717) is 0 Å². The van der Waals surface area contributed by atoms with Crippen molar-refractivity contribution >= 4 is 11.8 Å². The first-order valence-corrected chi connectivity index (χ1v) is 4.02. The summed E-state index contributed by atoms with van der Waals surface area (Å²) in [6.07, 6.45) is -6.53. The van der Waals surface area contributed by atoms with Crippen molar-refractivity contribution in [2.45, 2.75) is 18.5 Å². The normalized spacial score (nSPS) is 12.1. The lowest BCUT2D eigenvalue weighted by molar-refractivity contribution is -0.278. The molecule has 2 N–H and O–H groups in total. The third-order valence-corrected chi connectivity index (χ3v) is 1.52. The van der Waals surface area contributed by atoms with Crippen LogP contribution in [-0.4, -0.2) is 37.5 Å².